The molecule has 24 heavy (non-hydrogen) atoms. The third-order valence-corrected chi connectivity index (χ3v) is 7.41. The summed E-state index contributed by atoms with van der Waals surface area (Å²) < 4.78 is 24.4. The van der Waals surface area contributed by atoms with Crippen LogP contribution in [0, 0.1) is 6.92 Å². The van der Waals surface area contributed by atoms with E-state index in [1.54, 1.807) is 4.90 Å². The molecule has 0 saturated carbocycles. The summed E-state index contributed by atoms with van der Waals surface area (Å²) in [4.78, 5) is 14.4. The number of carbonyl (C=O) groups is 1. The third-order valence-electron chi connectivity index (χ3n) is 3.70. The average molecular weight is 384 g/mol. The first-order chi connectivity index (χ1) is 11.4. The van der Waals surface area contributed by atoms with Crippen LogP contribution in [-0.4, -0.2) is 47.8 Å². The molecule has 6 nitrogen and oxygen atoms in total. The van der Waals surface area contributed by atoms with Crippen LogP contribution in [0.5, 0.6) is 0 Å². The molecule has 2 aromatic rings. The SMILES string of the molecule is Cc1nnc(SCC(=O)N(c2ccccc2)[C@@H]2CCS(=O)(=O)C2)s1. The molecule has 1 atom stereocenters. The number of benzene rings is 1. The van der Waals surface area contributed by atoms with Crippen LogP contribution >= 0.6 is 23.1 Å². The minimum absolute atomic E-state index is 0.0240. The highest BCUT2D eigenvalue weighted by molar-refractivity contribution is 8.01. The van der Waals surface area contributed by atoms with Crippen LogP contribution in [0.2, 0.25) is 0 Å². The second-order valence-electron chi connectivity index (χ2n) is 5.53. The van der Waals surface area contributed by atoms with Gasteiger partial charge in [0.05, 0.1) is 23.3 Å². The van der Waals surface area contributed by atoms with Crippen molar-refractivity contribution < 1.29 is 13.2 Å². The molecule has 0 aliphatic carbocycles. The standard InChI is InChI=1S/C15H17N3O3S3/c1-11-16-17-15(23-11)22-9-14(19)18(12-5-3-2-4-6-12)13-7-8-24(20,21)10-13/h2-6,13H,7-10H2,1H3/t13-/m1/s1. The maximum Gasteiger partial charge on any atom is 0.237 e. The predicted molar refractivity (Wildman–Crippen MR) is 96.4 cm³/mol. The van der Waals surface area contributed by atoms with Crippen LogP contribution in [0.25, 0.3) is 0 Å². The van der Waals surface area contributed by atoms with Crippen molar-refractivity contribution in [1.82, 2.24) is 10.2 Å². The van der Waals surface area contributed by atoms with Gasteiger partial charge >= 0.3 is 0 Å². The predicted octanol–water partition coefficient (Wildman–Crippen LogP) is 2.16. The van der Waals surface area contributed by atoms with E-state index < -0.39 is 9.84 Å². The molecule has 1 saturated heterocycles. The zero-order chi connectivity index (χ0) is 17.2. The summed E-state index contributed by atoms with van der Waals surface area (Å²) in [7, 11) is -3.07. The second kappa shape index (κ2) is 7.20. The molecule has 0 bridgehead atoms. The van der Waals surface area contributed by atoms with Crippen molar-refractivity contribution in [2.24, 2.45) is 0 Å². The molecule has 0 spiro atoms. The van der Waals surface area contributed by atoms with Gasteiger partial charge in [-0.3, -0.25) is 4.79 Å². The molecular weight excluding hydrogens is 366 g/mol. The van der Waals surface area contributed by atoms with Gasteiger partial charge in [0.1, 0.15) is 5.01 Å². The Morgan fingerprint density at radius 2 is 2.08 bits per heavy atom. The number of sulfone groups is 1. The Morgan fingerprint density at radius 1 is 1.33 bits per heavy atom. The molecule has 1 aromatic heterocycles. The Kier molecular flexibility index (Phi) is 5.21. The lowest BCUT2D eigenvalue weighted by molar-refractivity contribution is -0.116. The zero-order valence-corrected chi connectivity index (χ0v) is 15.5. The monoisotopic (exact) mass is 383 g/mol. The fraction of sp³-hybridized carbons (Fsp3) is 0.400. The van der Waals surface area contributed by atoms with Gasteiger partial charge in [-0.15, -0.1) is 10.2 Å². The number of amides is 1. The van der Waals surface area contributed by atoms with Gasteiger partial charge < -0.3 is 4.90 Å². The van der Waals surface area contributed by atoms with Crippen molar-refractivity contribution in [3.63, 3.8) is 0 Å². The summed E-state index contributed by atoms with van der Waals surface area (Å²) in [5.74, 6) is 0.258. The summed E-state index contributed by atoms with van der Waals surface area (Å²) in [6.07, 6.45) is 0.478. The first-order valence-electron chi connectivity index (χ1n) is 7.45. The van der Waals surface area contributed by atoms with Crippen molar-refractivity contribution in [2.75, 3.05) is 22.2 Å². The van der Waals surface area contributed by atoms with Gasteiger partial charge in [-0.2, -0.15) is 0 Å². The fourth-order valence-electron chi connectivity index (χ4n) is 2.66. The highest BCUT2D eigenvalue weighted by Crippen LogP contribution is 2.27. The first kappa shape index (κ1) is 17.4. The number of hydrogen-bond acceptors (Lipinski definition) is 7. The van der Waals surface area contributed by atoms with Crippen molar-refractivity contribution in [3.8, 4) is 0 Å². The number of hydrogen-bond donors (Lipinski definition) is 0. The van der Waals surface area contributed by atoms with E-state index in [1.165, 1.54) is 23.1 Å². The molecule has 0 radical (unpaired) electrons. The minimum Gasteiger partial charge on any atom is -0.308 e. The lowest BCUT2D eigenvalue weighted by Gasteiger charge is -2.28. The van der Waals surface area contributed by atoms with E-state index in [-0.39, 0.29) is 29.2 Å². The number of thioether (sulfide) groups is 1. The molecule has 9 heteroatoms. The molecule has 1 amide bonds. The number of aromatic nitrogens is 2. The van der Waals surface area contributed by atoms with Gasteiger partial charge in [0.2, 0.25) is 5.91 Å². The van der Waals surface area contributed by atoms with Crippen LogP contribution in [0.1, 0.15) is 11.4 Å². The lowest BCUT2D eigenvalue weighted by Crippen LogP contribution is -2.42. The van der Waals surface area contributed by atoms with Gasteiger partial charge in [0.15, 0.2) is 14.2 Å². The van der Waals surface area contributed by atoms with Crippen LogP contribution in [0.3, 0.4) is 0 Å². The highest BCUT2D eigenvalue weighted by Gasteiger charge is 2.35. The minimum atomic E-state index is -3.07. The van der Waals surface area contributed by atoms with Gasteiger partial charge in [-0.1, -0.05) is 41.3 Å². The van der Waals surface area contributed by atoms with Gasteiger partial charge in [0.25, 0.3) is 0 Å². The largest absolute Gasteiger partial charge is 0.308 e. The Morgan fingerprint density at radius 3 is 2.67 bits per heavy atom. The fourth-order valence-corrected chi connectivity index (χ4v) is 6.03. The summed E-state index contributed by atoms with van der Waals surface area (Å²) in [6.45, 7) is 1.86. The normalized spacial score (nSPS) is 19.3. The molecule has 2 heterocycles. The highest BCUT2D eigenvalue weighted by atomic mass is 32.2. The molecule has 1 aliphatic rings. The van der Waals surface area contributed by atoms with Crippen molar-refractivity contribution in [1.29, 1.82) is 0 Å². The average Bonchev–Trinajstić information content (AvgIpc) is 3.12. The van der Waals surface area contributed by atoms with Crippen LogP contribution in [-0.2, 0) is 14.6 Å². The van der Waals surface area contributed by atoms with Crippen LogP contribution < -0.4 is 4.90 Å². The Bertz CT molecular complexity index is 821. The summed E-state index contributed by atoms with van der Waals surface area (Å²) in [5.41, 5.74) is 0.735. The zero-order valence-electron chi connectivity index (χ0n) is 13.1. The number of carbonyl (C=O) groups excluding carboxylic acids is 1. The van der Waals surface area contributed by atoms with Crippen molar-refractivity contribution in [2.45, 2.75) is 23.7 Å². The van der Waals surface area contributed by atoms with Crippen molar-refractivity contribution in [3.05, 3.63) is 35.3 Å². The summed E-state index contributed by atoms with van der Waals surface area (Å²) in [6, 6.07) is 8.93. The summed E-state index contributed by atoms with van der Waals surface area (Å²) in [5, 5.41) is 8.80. The Labute approximate surface area is 149 Å². The first-order valence-corrected chi connectivity index (χ1v) is 11.1. The van der Waals surface area contributed by atoms with E-state index in [9.17, 15) is 13.2 Å². The molecule has 128 valence electrons. The van der Waals surface area contributed by atoms with Crippen LogP contribution in [0.4, 0.5) is 5.69 Å². The molecule has 1 fully saturated rings. The van der Waals surface area contributed by atoms with E-state index >= 15 is 0 Å². The van der Waals surface area contributed by atoms with E-state index in [1.807, 2.05) is 37.3 Å². The summed E-state index contributed by atoms with van der Waals surface area (Å²) >= 11 is 2.78. The van der Waals surface area contributed by atoms with Gasteiger partial charge in [-0.05, 0) is 25.5 Å². The smallest absolute Gasteiger partial charge is 0.237 e. The van der Waals surface area contributed by atoms with E-state index in [0.717, 1.165) is 15.0 Å². The maximum absolute atomic E-state index is 12.8. The van der Waals surface area contributed by atoms with E-state index in [0.29, 0.717) is 6.42 Å². The molecule has 1 aromatic carbocycles. The molecule has 3 rings (SSSR count). The maximum atomic E-state index is 12.8. The third kappa shape index (κ3) is 4.14. The molecule has 0 N–H and O–H groups in total. The number of rotatable bonds is 5. The Hall–Kier alpha value is -1.45. The van der Waals surface area contributed by atoms with E-state index in [2.05, 4.69) is 10.2 Å². The second-order valence-corrected chi connectivity index (χ2v) is 10.2. The van der Waals surface area contributed by atoms with E-state index in [4.69, 9.17) is 0 Å². The number of nitrogens with zero attached hydrogens (tertiary/aromatic N) is 3. The van der Waals surface area contributed by atoms with Gasteiger partial charge in [-0.25, -0.2) is 8.42 Å². The number of para-hydroxylation sites is 1. The van der Waals surface area contributed by atoms with Crippen molar-refractivity contribution >= 4 is 44.5 Å². The topological polar surface area (TPSA) is 80.2 Å². The lowest BCUT2D eigenvalue weighted by atomic mass is 10.2. The van der Waals surface area contributed by atoms with Crippen LogP contribution in [0.15, 0.2) is 34.7 Å². The molecular formula is C15H17N3O3S3. The number of anilines is 1. The quantitative estimate of drug-likeness (QED) is 0.736. The Balaban J connectivity index is 1.77. The molecule has 1 aliphatic heterocycles. The van der Waals surface area contributed by atoms with Gasteiger partial charge in [0, 0.05) is 5.69 Å². The number of aryl methyl sites for hydroxylation is 1. The molecule has 0 unspecified atom stereocenters.